The molecule has 5 heteroatoms. The van der Waals surface area contributed by atoms with Crippen molar-refractivity contribution in [3.8, 4) is 11.8 Å². The van der Waals surface area contributed by atoms with E-state index < -0.39 is 0 Å². The molecule has 0 bridgehead atoms. The Morgan fingerprint density at radius 3 is 3.05 bits per heavy atom. The first-order valence-corrected chi connectivity index (χ1v) is 7.15. The Kier molecular flexibility index (Phi) is 5.32. The summed E-state index contributed by atoms with van der Waals surface area (Å²) < 4.78 is 0. The Morgan fingerprint density at radius 2 is 2.33 bits per heavy atom. The Bertz CT molecular complexity index is 562. The van der Waals surface area contributed by atoms with Crippen LogP contribution in [0.1, 0.15) is 35.8 Å². The number of aromatic nitrogens is 1. The lowest BCUT2D eigenvalue weighted by molar-refractivity contribution is 0.0642. The van der Waals surface area contributed by atoms with Crippen LogP contribution in [0.15, 0.2) is 18.3 Å². The zero-order valence-corrected chi connectivity index (χ0v) is 12.1. The summed E-state index contributed by atoms with van der Waals surface area (Å²) in [4.78, 5) is 18.5. The average molecular weight is 288 g/mol. The summed E-state index contributed by atoms with van der Waals surface area (Å²) in [6, 6.07) is 3.33. The second-order valence-electron chi connectivity index (χ2n) is 5.19. The maximum Gasteiger partial charge on any atom is 0.274 e. The first-order chi connectivity index (χ1) is 10.2. The van der Waals surface area contributed by atoms with Gasteiger partial charge < -0.3 is 15.1 Å². The van der Waals surface area contributed by atoms with Crippen LogP contribution in [-0.2, 0) is 0 Å². The van der Waals surface area contributed by atoms with E-state index in [0.717, 1.165) is 6.42 Å². The number of nitrogens with zero attached hydrogens (tertiary/aromatic N) is 2. The van der Waals surface area contributed by atoms with Crippen molar-refractivity contribution in [3.05, 3.63) is 29.6 Å². The number of amides is 1. The topological polar surface area (TPSA) is 73.7 Å². The molecule has 21 heavy (non-hydrogen) atoms. The maximum atomic E-state index is 12.7. The standard InChI is InChI=1S/C16H20N2O3/c1-12-7-9-18(14(12)11-20)16(21)15-13(5-2-3-10-19)6-4-8-17-15/h4,6,8,12,14,19-20H,3,7,9-11H2,1H3. The van der Waals surface area contributed by atoms with Gasteiger partial charge in [-0.3, -0.25) is 4.79 Å². The van der Waals surface area contributed by atoms with E-state index in [9.17, 15) is 9.90 Å². The highest BCUT2D eigenvalue weighted by Crippen LogP contribution is 2.25. The smallest absolute Gasteiger partial charge is 0.274 e. The summed E-state index contributed by atoms with van der Waals surface area (Å²) >= 11 is 0. The summed E-state index contributed by atoms with van der Waals surface area (Å²) in [7, 11) is 0. The van der Waals surface area contributed by atoms with E-state index in [1.165, 1.54) is 0 Å². The van der Waals surface area contributed by atoms with Gasteiger partial charge in [-0.25, -0.2) is 4.98 Å². The zero-order valence-electron chi connectivity index (χ0n) is 12.1. The van der Waals surface area contributed by atoms with Crippen molar-refractivity contribution in [3.63, 3.8) is 0 Å². The van der Waals surface area contributed by atoms with E-state index in [4.69, 9.17) is 5.11 Å². The Balaban J connectivity index is 2.26. The normalized spacial score (nSPS) is 21.0. The lowest BCUT2D eigenvalue weighted by Crippen LogP contribution is -2.40. The number of aliphatic hydroxyl groups excluding tert-OH is 2. The van der Waals surface area contributed by atoms with Gasteiger partial charge >= 0.3 is 0 Å². The molecule has 0 aromatic carbocycles. The fraction of sp³-hybridized carbons (Fsp3) is 0.500. The number of likely N-dealkylation sites (tertiary alicyclic amines) is 1. The van der Waals surface area contributed by atoms with Crippen molar-refractivity contribution in [1.29, 1.82) is 0 Å². The fourth-order valence-electron chi connectivity index (χ4n) is 2.57. The molecule has 1 fully saturated rings. The van der Waals surface area contributed by atoms with Gasteiger partial charge in [0, 0.05) is 19.2 Å². The molecule has 1 aromatic heterocycles. The molecule has 2 unspecified atom stereocenters. The summed E-state index contributed by atoms with van der Waals surface area (Å²) in [5.41, 5.74) is 0.877. The number of carbonyl (C=O) groups is 1. The Morgan fingerprint density at radius 1 is 1.52 bits per heavy atom. The van der Waals surface area contributed by atoms with Gasteiger partial charge in [0.15, 0.2) is 0 Å². The largest absolute Gasteiger partial charge is 0.395 e. The molecule has 2 N–H and O–H groups in total. The van der Waals surface area contributed by atoms with E-state index in [1.54, 1.807) is 23.2 Å². The highest BCUT2D eigenvalue weighted by atomic mass is 16.3. The fourth-order valence-corrected chi connectivity index (χ4v) is 2.57. The molecule has 1 aliphatic rings. The highest BCUT2D eigenvalue weighted by Gasteiger charge is 2.35. The van der Waals surface area contributed by atoms with Crippen molar-refractivity contribution in [2.75, 3.05) is 19.8 Å². The summed E-state index contributed by atoms with van der Waals surface area (Å²) in [5.74, 6) is 5.79. The summed E-state index contributed by atoms with van der Waals surface area (Å²) in [6.45, 7) is 2.62. The second-order valence-corrected chi connectivity index (χ2v) is 5.19. The van der Waals surface area contributed by atoms with Crippen LogP contribution in [0.5, 0.6) is 0 Å². The molecule has 2 rings (SSSR count). The molecule has 0 spiro atoms. The molecular formula is C16H20N2O3. The Hall–Kier alpha value is -1.90. The van der Waals surface area contributed by atoms with Gasteiger partial charge in [-0.15, -0.1) is 0 Å². The van der Waals surface area contributed by atoms with Crippen molar-refractivity contribution in [2.45, 2.75) is 25.8 Å². The minimum atomic E-state index is -0.188. The second kappa shape index (κ2) is 7.21. The van der Waals surface area contributed by atoms with Gasteiger partial charge in [0.2, 0.25) is 0 Å². The molecule has 1 aromatic rings. The number of aliphatic hydroxyl groups is 2. The molecule has 1 aliphatic heterocycles. The minimum Gasteiger partial charge on any atom is -0.395 e. The van der Waals surface area contributed by atoms with Gasteiger partial charge in [0.25, 0.3) is 5.91 Å². The third kappa shape index (κ3) is 3.41. The molecule has 2 atom stereocenters. The number of hydrogen-bond acceptors (Lipinski definition) is 4. The third-order valence-electron chi connectivity index (χ3n) is 3.80. The monoisotopic (exact) mass is 288 g/mol. The molecule has 5 nitrogen and oxygen atoms in total. The summed E-state index contributed by atoms with van der Waals surface area (Å²) in [5, 5.41) is 18.2. The van der Waals surface area contributed by atoms with Gasteiger partial charge in [0.1, 0.15) is 5.69 Å². The molecule has 0 radical (unpaired) electrons. The lowest BCUT2D eigenvalue weighted by Gasteiger charge is -2.25. The van der Waals surface area contributed by atoms with Crippen molar-refractivity contribution < 1.29 is 15.0 Å². The van der Waals surface area contributed by atoms with Gasteiger partial charge in [-0.05, 0) is 24.5 Å². The van der Waals surface area contributed by atoms with Crippen molar-refractivity contribution >= 4 is 5.91 Å². The van der Waals surface area contributed by atoms with E-state index in [1.807, 2.05) is 6.92 Å². The first-order valence-electron chi connectivity index (χ1n) is 7.15. The van der Waals surface area contributed by atoms with E-state index in [-0.39, 0.29) is 31.1 Å². The van der Waals surface area contributed by atoms with Crippen molar-refractivity contribution in [1.82, 2.24) is 9.88 Å². The molecule has 0 aliphatic carbocycles. The van der Waals surface area contributed by atoms with Gasteiger partial charge in [-0.2, -0.15) is 0 Å². The van der Waals surface area contributed by atoms with Gasteiger partial charge in [-0.1, -0.05) is 18.8 Å². The van der Waals surface area contributed by atoms with Crippen molar-refractivity contribution in [2.24, 2.45) is 5.92 Å². The quantitative estimate of drug-likeness (QED) is 0.801. The number of pyridine rings is 1. The number of carbonyl (C=O) groups excluding carboxylic acids is 1. The molecule has 1 amide bonds. The van der Waals surface area contributed by atoms with Crippen LogP contribution >= 0.6 is 0 Å². The van der Waals surface area contributed by atoms with Crippen LogP contribution in [0, 0.1) is 17.8 Å². The Labute approximate surface area is 124 Å². The number of hydrogen-bond donors (Lipinski definition) is 2. The number of rotatable bonds is 3. The van der Waals surface area contributed by atoms with E-state index in [0.29, 0.717) is 24.2 Å². The predicted molar refractivity (Wildman–Crippen MR) is 78.5 cm³/mol. The minimum absolute atomic E-state index is 0.00717. The predicted octanol–water partition coefficient (Wildman–Crippen LogP) is 0.658. The molecule has 1 saturated heterocycles. The molecule has 2 heterocycles. The van der Waals surface area contributed by atoms with E-state index >= 15 is 0 Å². The van der Waals surface area contributed by atoms with Crippen LogP contribution in [0.2, 0.25) is 0 Å². The third-order valence-corrected chi connectivity index (χ3v) is 3.80. The molecule has 0 saturated carbocycles. The first kappa shape index (κ1) is 15.5. The van der Waals surface area contributed by atoms with E-state index in [2.05, 4.69) is 16.8 Å². The van der Waals surface area contributed by atoms with Crippen LogP contribution in [-0.4, -0.2) is 51.8 Å². The lowest BCUT2D eigenvalue weighted by atomic mass is 10.0. The van der Waals surface area contributed by atoms with Crippen LogP contribution in [0.25, 0.3) is 0 Å². The van der Waals surface area contributed by atoms with Crippen LogP contribution in [0.3, 0.4) is 0 Å². The average Bonchev–Trinajstić information content (AvgIpc) is 2.88. The van der Waals surface area contributed by atoms with Crippen LogP contribution in [0.4, 0.5) is 0 Å². The zero-order chi connectivity index (χ0) is 15.2. The molecular weight excluding hydrogens is 268 g/mol. The highest BCUT2D eigenvalue weighted by molar-refractivity contribution is 5.95. The summed E-state index contributed by atoms with van der Waals surface area (Å²) in [6.07, 6.45) is 2.82. The molecule has 112 valence electrons. The SMILES string of the molecule is CC1CCN(C(=O)c2ncccc2C#CCCO)C1CO. The van der Waals surface area contributed by atoms with Gasteiger partial charge in [0.05, 0.1) is 24.8 Å². The maximum absolute atomic E-state index is 12.7. The van der Waals surface area contributed by atoms with Crippen LogP contribution < -0.4 is 0 Å².